The second kappa shape index (κ2) is 16.5. The molecule has 2 atom stereocenters. The molecule has 3 aliphatic rings. The zero-order valence-corrected chi connectivity index (χ0v) is 31.2. The summed E-state index contributed by atoms with van der Waals surface area (Å²) in [6.45, 7) is 2.19. The molecule has 286 valence electrons. The number of hydrogen-bond donors (Lipinski definition) is 2. The maximum atomic E-state index is 13.6. The van der Waals surface area contributed by atoms with Crippen molar-refractivity contribution in [3.05, 3.63) is 65.5 Å². The van der Waals surface area contributed by atoms with Gasteiger partial charge in [0.15, 0.2) is 11.6 Å². The molecule has 5 heterocycles. The predicted octanol–water partition coefficient (Wildman–Crippen LogP) is 4.50. The van der Waals surface area contributed by atoms with E-state index in [0.29, 0.717) is 66.2 Å². The second-order valence-electron chi connectivity index (χ2n) is 13.8. The number of hydrogen-bond acceptors (Lipinski definition) is 10. The van der Waals surface area contributed by atoms with Crippen LogP contribution in [0.4, 0.5) is 25.3 Å². The third-order valence-electron chi connectivity index (χ3n) is 10.3. The molecule has 17 heteroatoms. The highest BCUT2D eigenvalue weighted by Crippen LogP contribution is 2.34. The number of rotatable bonds is 9. The molecule has 0 bridgehead atoms. The number of aryl methyl sites for hydroxylation is 1. The summed E-state index contributed by atoms with van der Waals surface area (Å²) in [5.41, 5.74) is 3.11. The zero-order chi connectivity index (χ0) is 38.6. The molecule has 3 amide bonds. The summed E-state index contributed by atoms with van der Waals surface area (Å²) < 4.78 is 46.4. The molecule has 2 unspecified atom stereocenters. The van der Waals surface area contributed by atoms with Gasteiger partial charge in [-0.15, -0.1) is 0 Å². The number of urea groups is 1. The fraction of sp³-hybridized carbons (Fsp3) is 0.421. The lowest BCUT2D eigenvalue weighted by molar-refractivity contribution is -0.120. The van der Waals surface area contributed by atoms with E-state index in [0.717, 1.165) is 36.8 Å². The van der Waals surface area contributed by atoms with Crippen LogP contribution < -0.4 is 20.3 Å². The lowest BCUT2D eigenvalue weighted by Crippen LogP contribution is -2.49. The number of amides is 3. The van der Waals surface area contributed by atoms with Crippen LogP contribution in [-0.4, -0.2) is 96.5 Å². The highest BCUT2D eigenvalue weighted by molar-refractivity contribution is 7.82. The van der Waals surface area contributed by atoms with Crippen molar-refractivity contribution < 1.29 is 27.3 Å². The summed E-state index contributed by atoms with van der Waals surface area (Å²) in [5.74, 6) is 7.35. The van der Waals surface area contributed by atoms with Crippen molar-refractivity contribution in [2.45, 2.75) is 68.5 Å². The van der Waals surface area contributed by atoms with Gasteiger partial charge in [-0.3, -0.25) is 24.6 Å². The summed E-state index contributed by atoms with van der Waals surface area (Å²) in [6, 6.07) is 13.1. The zero-order valence-electron chi connectivity index (χ0n) is 30.4. The molecular formula is C38H40F2N10O4S. The molecule has 3 fully saturated rings. The van der Waals surface area contributed by atoms with E-state index in [1.807, 2.05) is 17.4 Å². The van der Waals surface area contributed by atoms with Crippen LogP contribution in [0.3, 0.4) is 0 Å². The van der Waals surface area contributed by atoms with Crippen LogP contribution in [0, 0.1) is 23.2 Å². The molecule has 0 saturated carbocycles. The van der Waals surface area contributed by atoms with Gasteiger partial charge in [-0.2, -0.15) is 19.1 Å². The number of alkyl halides is 2. The summed E-state index contributed by atoms with van der Waals surface area (Å²) >= 11 is 0. The lowest BCUT2D eigenvalue weighted by atomic mass is 9.88. The molecule has 0 radical (unpaired) electrons. The highest BCUT2D eigenvalue weighted by atomic mass is 32.2. The summed E-state index contributed by atoms with van der Waals surface area (Å²) in [4.78, 5) is 36.6. The van der Waals surface area contributed by atoms with Crippen molar-refractivity contribution in [3.8, 4) is 23.7 Å². The van der Waals surface area contributed by atoms with Gasteiger partial charge in [-0.25, -0.2) is 23.3 Å². The quantitative estimate of drug-likeness (QED) is 0.232. The Hall–Kier alpha value is -5.49. The van der Waals surface area contributed by atoms with Crippen molar-refractivity contribution in [2.24, 2.45) is 7.05 Å². The van der Waals surface area contributed by atoms with Crippen LogP contribution in [-0.2, 0) is 22.8 Å². The van der Waals surface area contributed by atoms with Gasteiger partial charge in [0.25, 0.3) is 0 Å². The molecule has 14 nitrogen and oxygen atoms in total. The minimum Gasteiger partial charge on any atom is -0.432 e. The molecule has 3 aliphatic heterocycles. The van der Waals surface area contributed by atoms with Crippen LogP contribution in [0.1, 0.15) is 61.6 Å². The van der Waals surface area contributed by atoms with E-state index in [4.69, 9.17) is 0 Å². The van der Waals surface area contributed by atoms with E-state index in [1.165, 1.54) is 22.9 Å². The van der Waals surface area contributed by atoms with Gasteiger partial charge in [0, 0.05) is 50.1 Å². The standard InChI is InChI=1S/C38H40F2N10O4S/c1-24(48-14-9-25(10-15-48)27-6-8-32-33(20-27)47(2)46-35(32)50-18-13-34(51)45-38(50)52)3-4-26-19-31(7-5-28(26)21-41)55(53)49-16-11-29(12-17-49)44-37-42-22-30(23-43-37)54-36(39)40/h5-8,19-20,22-25,29,36H,9-18H2,1-2H3,(H,42,43,44)(H,45,51,52). The molecule has 2 aromatic heterocycles. The minimum atomic E-state index is -2.95. The third-order valence-corrected chi connectivity index (χ3v) is 11.8. The minimum absolute atomic E-state index is 0.0206. The number of benzene rings is 2. The van der Waals surface area contributed by atoms with E-state index in [1.54, 1.807) is 22.9 Å². The number of aromatic nitrogens is 4. The molecule has 2 N–H and O–H groups in total. The molecule has 3 saturated heterocycles. The first-order valence-electron chi connectivity index (χ1n) is 18.1. The van der Waals surface area contributed by atoms with E-state index in [2.05, 4.69) is 72.3 Å². The van der Waals surface area contributed by atoms with E-state index in [-0.39, 0.29) is 30.2 Å². The Morgan fingerprint density at radius 1 is 1.00 bits per heavy atom. The number of carbonyl (C=O) groups is 2. The number of nitrogens with zero attached hydrogens (tertiary/aromatic N) is 8. The van der Waals surface area contributed by atoms with Gasteiger partial charge in [0.1, 0.15) is 17.1 Å². The number of ether oxygens (including phenoxy) is 1. The van der Waals surface area contributed by atoms with Gasteiger partial charge < -0.3 is 10.1 Å². The summed E-state index contributed by atoms with van der Waals surface area (Å²) in [7, 11) is 0.406. The number of anilines is 2. The largest absolute Gasteiger partial charge is 0.432 e. The van der Waals surface area contributed by atoms with E-state index >= 15 is 0 Å². The monoisotopic (exact) mass is 770 g/mol. The Kier molecular flexibility index (Phi) is 11.3. The Balaban J connectivity index is 0.938. The molecule has 0 spiro atoms. The van der Waals surface area contributed by atoms with Crippen molar-refractivity contribution in [3.63, 3.8) is 0 Å². The van der Waals surface area contributed by atoms with Crippen LogP contribution in [0.25, 0.3) is 10.9 Å². The molecule has 0 aliphatic carbocycles. The smallest absolute Gasteiger partial charge is 0.387 e. The van der Waals surface area contributed by atoms with Crippen molar-refractivity contribution in [2.75, 3.05) is 42.9 Å². The van der Waals surface area contributed by atoms with Gasteiger partial charge >= 0.3 is 12.6 Å². The number of piperidine rings is 2. The van der Waals surface area contributed by atoms with Crippen LogP contribution >= 0.6 is 0 Å². The summed E-state index contributed by atoms with van der Waals surface area (Å²) in [6.07, 6.45) is 5.84. The first-order chi connectivity index (χ1) is 26.6. The first-order valence-corrected chi connectivity index (χ1v) is 19.2. The van der Waals surface area contributed by atoms with Crippen LogP contribution in [0.2, 0.25) is 0 Å². The van der Waals surface area contributed by atoms with E-state index < -0.39 is 23.6 Å². The maximum absolute atomic E-state index is 13.6. The van der Waals surface area contributed by atoms with Crippen molar-refractivity contribution in [1.82, 2.24) is 34.3 Å². The number of imide groups is 1. The second-order valence-corrected chi connectivity index (χ2v) is 15.3. The normalized spacial score (nSPS) is 18.7. The van der Waals surface area contributed by atoms with E-state index in [9.17, 15) is 27.8 Å². The average Bonchev–Trinajstić information content (AvgIpc) is 3.52. The SMILES string of the molecule is CC(C#Cc1cc(S(=O)N2CCC(Nc3ncc(OC(F)F)cn3)CC2)ccc1C#N)N1CCC(c2ccc3c(N4CCC(=O)NC4=O)nn(C)c3c2)CC1. The number of likely N-dealkylation sites (tertiary alicyclic amines) is 1. The molecule has 2 aromatic carbocycles. The van der Waals surface area contributed by atoms with Crippen LogP contribution in [0.15, 0.2) is 53.7 Å². The number of carbonyl (C=O) groups excluding carboxylic acids is 2. The molecule has 4 aromatic rings. The number of nitrogens with one attached hydrogen (secondary N) is 2. The van der Waals surface area contributed by atoms with Crippen LogP contribution in [0.5, 0.6) is 5.75 Å². The van der Waals surface area contributed by atoms with Gasteiger partial charge in [0.2, 0.25) is 11.9 Å². The number of nitriles is 1. The maximum Gasteiger partial charge on any atom is 0.387 e. The third kappa shape index (κ3) is 8.59. The Bertz CT molecular complexity index is 2200. The first kappa shape index (κ1) is 37.8. The molecule has 7 rings (SSSR count). The average molecular weight is 771 g/mol. The number of halogens is 2. The fourth-order valence-electron chi connectivity index (χ4n) is 7.25. The Morgan fingerprint density at radius 2 is 1.75 bits per heavy atom. The van der Waals surface area contributed by atoms with Crippen molar-refractivity contribution in [1.29, 1.82) is 5.26 Å². The predicted molar refractivity (Wildman–Crippen MR) is 201 cm³/mol. The summed E-state index contributed by atoms with van der Waals surface area (Å²) in [5, 5.41) is 20.9. The highest BCUT2D eigenvalue weighted by Gasteiger charge is 2.29. The van der Waals surface area contributed by atoms with Crippen molar-refractivity contribution >= 4 is 45.6 Å². The van der Waals surface area contributed by atoms with Gasteiger partial charge in [-0.05, 0) is 87.5 Å². The van der Waals surface area contributed by atoms with Gasteiger partial charge in [0.05, 0.1) is 34.4 Å². The molecule has 55 heavy (non-hydrogen) atoms. The topological polar surface area (TPSA) is 162 Å². The molecular weight excluding hydrogens is 731 g/mol. The Labute approximate surface area is 319 Å². The van der Waals surface area contributed by atoms with Gasteiger partial charge in [-0.1, -0.05) is 17.9 Å². The lowest BCUT2D eigenvalue weighted by Gasteiger charge is -2.34. The number of fused-ring (bicyclic) bond motifs is 1. The fourth-order valence-corrected chi connectivity index (χ4v) is 8.50. The Morgan fingerprint density at radius 3 is 2.44 bits per heavy atom.